The molecule has 0 bridgehead atoms. The van der Waals surface area contributed by atoms with Gasteiger partial charge in [-0.1, -0.05) is 0 Å². The molecule has 0 amide bonds. The molecule has 0 radical (unpaired) electrons. The van der Waals surface area contributed by atoms with Crippen LogP contribution in [0.2, 0.25) is 0 Å². The maximum Gasteiger partial charge on any atom is 0.123 e. The Hall–Kier alpha value is -0.290. The van der Waals surface area contributed by atoms with Crippen molar-refractivity contribution in [2.75, 3.05) is 13.7 Å². The van der Waals surface area contributed by atoms with E-state index >= 15 is 0 Å². The van der Waals surface area contributed by atoms with Gasteiger partial charge in [-0.3, -0.25) is 0 Å². The lowest BCUT2D eigenvalue weighted by molar-refractivity contribution is 0.353. The van der Waals surface area contributed by atoms with Crippen LogP contribution < -0.4 is 10.1 Å². The van der Waals surface area contributed by atoms with Crippen LogP contribution in [0.3, 0.4) is 0 Å². The molecule has 1 heterocycles. The van der Waals surface area contributed by atoms with E-state index in [9.17, 15) is 0 Å². The fourth-order valence-corrected chi connectivity index (χ4v) is 2.05. The van der Waals surface area contributed by atoms with E-state index in [1.165, 1.54) is 15.6 Å². The number of nitrogens with one attached hydrogen (secondary N) is 1. The quantitative estimate of drug-likeness (QED) is 0.844. The Labute approximate surface area is 91.8 Å². The summed E-state index contributed by atoms with van der Waals surface area (Å²) in [4.78, 5) is 0. The summed E-state index contributed by atoms with van der Waals surface area (Å²) in [5, 5.41) is 3.38. The predicted molar refractivity (Wildman–Crippen MR) is 61.1 cm³/mol. The van der Waals surface area contributed by atoms with Crippen LogP contribution in [-0.2, 0) is 0 Å². The van der Waals surface area contributed by atoms with Crippen molar-refractivity contribution in [1.29, 1.82) is 0 Å². The Bertz CT molecular complexity index is 310. The Morgan fingerprint density at radius 2 is 2.31 bits per heavy atom. The fourth-order valence-electron chi connectivity index (χ4n) is 1.53. The Morgan fingerprint density at radius 1 is 1.54 bits per heavy atom. The number of benzene rings is 1. The molecule has 1 saturated heterocycles. The topological polar surface area (TPSA) is 21.3 Å². The Morgan fingerprint density at radius 3 is 2.85 bits per heavy atom. The molecule has 1 atom stereocenters. The van der Waals surface area contributed by atoms with E-state index in [0.717, 1.165) is 12.3 Å². The summed E-state index contributed by atoms with van der Waals surface area (Å²) in [5.41, 5.74) is 1.29. The van der Waals surface area contributed by atoms with Crippen LogP contribution in [0.15, 0.2) is 18.2 Å². The van der Waals surface area contributed by atoms with Crippen molar-refractivity contribution >= 4 is 22.6 Å². The van der Waals surface area contributed by atoms with Gasteiger partial charge in [-0.15, -0.1) is 0 Å². The molecule has 0 aromatic heterocycles. The van der Waals surface area contributed by atoms with Crippen LogP contribution in [0.25, 0.3) is 0 Å². The Kier molecular flexibility index (Phi) is 2.74. The third-order valence-electron chi connectivity index (χ3n) is 2.39. The Balaban J connectivity index is 2.33. The summed E-state index contributed by atoms with van der Waals surface area (Å²) < 4.78 is 6.58. The average molecular weight is 289 g/mol. The van der Waals surface area contributed by atoms with Gasteiger partial charge < -0.3 is 10.1 Å². The monoisotopic (exact) mass is 289 g/mol. The van der Waals surface area contributed by atoms with E-state index in [-0.39, 0.29) is 0 Å². The van der Waals surface area contributed by atoms with Gasteiger partial charge in [-0.05, 0) is 53.8 Å². The second-order valence-corrected chi connectivity index (χ2v) is 4.43. The molecule has 1 aromatic carbocycles. The van der Waals surface area contributed by atoms with E-state index in [0.29, 0.717) is 6.04 Å². The van der Waals surface area contributed by atoms with E-state index < -0.39 is 0 Å². The zero-order chi connectivity index (χ0) is 9.26. The SMILES string of the molecule is COc1ccc(I)cc1[C@@H]1CCN1. The second kappa shape index (κ2) is 3.84. The standard InChI is InChI=1S/C10H12INO/c1-13-10-3-2-7(11)6-8(10)9-4-5-12-9/h2-3,6,9,12H,4-5H2,1H3/t9-/m0/s1. The van der Waals surface area contributed by atoms with Crippen molar-refractivity contribution in [2.24, 2.45) is 0 Å². The molecule has 2 nitrogen and oxygen atoms in total. The van der Waals surface area contributed by atoms with Crippen LogP contribution >= 0.6 is 22.6 Å². The first-order chi connectivity index (χ1) is 6.31. The van der Waals surface area contributed by atoms with Gasteiger partial charge in [0.05, 0.1) is 7.11 Å². The van der Waals surface area contributed by atoms with Gasteiger partial charge in [0, 0.05) is 15.2 Å². The predicted octanol–water partition coefficient (Wildman–Crippen LogP) is 2.33. The summed E-state index contributed by atoms with van der Waals surface area (Å²) in [6.07, 6.45) is 1.22. The molecular formula is C10H12INO. The van der Waals surface area contributed by atoms with Crippen molar-refractivity contribution in [3.63, 3.8) is 0 Å². The van der Waals surface area contributed by atoms with Crippen LogP contribution in [0.5, 0.6) is 5.75 Å². The van der Waals surface area contributed by atoms with Crippen LogP contribution in [0, 0.1) is 3.57 Å². The average Bonchev–Trinajstić information content (AvgIpc) is 2.02. The molecule has 0 aliphatic carbocycles. The van der Waals surface area contributed by atoms with Gasteiger partial charge in [0.1, 0.15) is 5.75 Å². The summed E-state index contributed by atoms with van der Waals surface area (Å²) in [5.74, 6) is 0.998. The minimum atomic E-state index is 0.504. The van der Waals surface area contributed by atoms with Crippen molar-refractivity contribution in [3.05, 3.63) is 27.3 Å². The van der Waals surface area contributed by atoms with Crippen LogP contribution in [0.1, 0.15) is 18.0 Å². The molecule has 1 fully saturated rings. The molecular weight excluding hydrogens is 277 g/mol. The van der Waals surface area contributed by atoms with Crippen molar-refractivity contribution in [1.82, 2.24) is 5.32 Å². The second-order valence-electron chi connectivity index (χ2n) is 3.18. The smallest absolute Gasteiger partial charge is 0.123 e. The first-order valence-electron chi connectivity index (χ1n) is 4.38. The van der Waals surface area contributed by atoms with Crippen molar-refractivity contribution < 1.29 is 4.74 Å². The lowest BCUT2D eigenvalue weighted by Crippen LogP contribution is -2.35. The van der Waals surface area contributed by atoms with Gasteiger partial charge in [0.15, 0.2) is 0 Å². The lowest BCUT2D eigenvalue weighted by Gasteiger charge is -2.29. The van der Waals surface area contributed by atoms with Crippen molar-refractivity contribution in [3.8, 4) is 5.75 Å². The van der Waals surface area contributed by atoms with Gasteiger partial charge in [-0.2, -0.15) is 0 Å². The maximum absolute atomic E-state index is 5.31. The van der Waals surface area contributed by atoms with E-state index in [4.69, 9.17) is 4.74 Å². The molecule has 1 aromatic rings. The summed E-state index contributed by atoms with van der Waals surface area (Å²) in [7, 11) is 1.73. The van der Waals surface area contributed by atoms with E-state index in [1.807, 2.05) is 6.07 Å². The highest BCUT2D eigenvalue weighted by atomic mass is 127. The third-order valence-corrected chi connectivity index (χ3v) is 3.06. The molecule has 13 heavy (non-hydrogen) atoms. The normalized spacial score (nSPS) is 20.9. The third kappa shape index (κ3) is 1.81. The molecule has 1 aliphatic rings. The molecule has 1 N–H and O–H groups in total. The number of hydrogen-bond donors (Lipinski definition) is 1. The highest BCUT2D eigenvalue weighted by Crippen LogP contribution is 2.31. The molecule has 2 rings (SSSR count). The van der Waals surface area contributed by atoms with E-state index in [1.54, 1.807) is 7.11 Å². The van der Waals surface area contributed by atoms with E-state index in [2.05, 4.69) is 40.0 Å². The van der Waals surface area contributed by atoms with Crippen molar-refractivity contribution in [2.45, 2.75) is 12.5 Å². The molecule has 0 spiro atoms. The number of methoxy groups -OCH3 is 1. The minimum Gasteiger partial charge on any atom is -0.496 e. The number of halogens is 1. The largest absolute Gasteiger partial charge is 0.496 e. The zero-order valence-electron chi connectivity index (χ0n) is 7.51. The highest BCUT2D eigenvalue weighted by Gasteiger charge is 2.21. The highest BCUT2D eigenvalue weighted by molar-refractivity contribution is 14.1. The minimum absolute atomic E-state index is 0.504. The molecule has 70 valence electrons. The maximum atomic E-state index is 5.31. The molecule has 1 aliphatic heterocycles. The van der Waals surface area contributed by atoms with Gasteiger partial charge in [0.25, 0.3) is 0 Å². The van der Waals surface area contributed by atoms with Gasteiger partial charge in [-0.25, -0.2) is 0 Å². The zero-order valence-corrected chi connectivity index (χ0v) is 9.67. The molecule has 0 unspecified atom stereocenters. The van der Waals surface area contributed by atoms with Crippen LogP contribution in [-0.4, -0.2) is 13.7 Å². The molecule has 0 saturated carbocycles. The summed E-state index contributed by atoms with van der Waals surface area (Å²) in [6.45, 7) is 1.12. The molecule has 3 heteroatoms. The number of ether oxygens (including phenoxy) is 1. The number of rotatable bonds is 2. The first-order valence-corrected chi connectivity index (χ1v) is 5.46. The summed E-state index contributed by atoms with van der Waals surface area (Å²) in [6, 6.07) is 6.80. The van der Waals surface area contributed by atoms with Gasteiger partial charge in [0.2, 0.25) is 0 Å². The fraction of sp³-hybridized carbons (Fsp3) is 0.400. The first kappa shape index (κ1) is 9.27. The lowest BCUT2D eigenvalue weighted by atomic mass is 9.97. The van der Waals surface area contributed by atoms with Crippen LogP contribution in [0.4, 0.5) is 0 Å². The number of hydrogen-bond acceptors (Lipinski definition) is 2. The summed E-state index contributed by atoms with van der Waals surface area (Å²) >= 11 is 2.33. The van der Waals surface area contributed by atoms with Gasteiger partial charge >= 0.3 is 0 Å².